The van der Waals surface area contributed by atoms with Crippen molar-refractivity contribution < 1.29 is 24.0 Å². The molecule has 0 atom stereocenters. The minimum atomic E-state index is -0.534. The summed E-state index contributed by atoms with van der Waals surface area (Å²) in [5, 5.41) is 16.5. The fourth-order valence-corrected chi connectivity index (χ4v) is 3.51. The molecule has 0 heterocycles. The van der Waals surface area contributed by atoms with E-state index in [1.54, 1.807) is 14.2 Å². The van der Waals surface area contributed by atoms with Crippen LogP contribution in [0.15, 0.2) is 78.4 Å². The topological polar surface area (TPSA) is 120 Å². The van der Waals surface area contributed by atoms with E-state index >= 15 is 0 Å². The van der Waals surface area contributed by atoms with Crippen LogP contribution < -0.4 is 20.1 Å². The molecular formula is C28H29N3O6. The van der Waals surface area contributed by atoms with E-state index in [9.17, 15) is 19.7 Å². The Kier molecular flexibility index (Phi) is 9.78. The van der Waals surface area contributed by atoms with Crippen LogP contribution >= 0.6 is 0 Å². The average Bonchev–Trinajstić information content (AvgIpc) is 2.92. The van der Waals surface area contributed by atoms with Crippen LogP contribution in [0.5, 0.6) is 11.5 Å². The first-order chi connectivity index (χ1) is 17.9. The maximum atomic E-state index is 13.0. The van der Waals surface area contributed by atoms with Crippen LogP contribution in [-0.2, 0) is 22.4 Å². The zero-order valence-corrected chi connectivity index (χ0v) is 20.7. The molecule has 0 aliphatic carbocycles. The van der Waals surface area contributed by atoms with Gasteiger partial charge in [0, 0.05) is 25.2 Å². The van der Waals surface area contributed by atoms with Crippen LogP contribution in [0.4, 0.5) is 5.69 Å². The first kappa shape index (κ1) is 26.9. The number of methoxy groups -OCH3 is 2. The van der Waals surface area contributed by atoms with Gasteiger partial charge in [-0.3, -0.25) is 19.7 Å². The molecule has 9 heteroatoms. The van der Waals surface area contributed by atoms with Crippen molar-refractivity contribution in [3.05, 3.63) is 105 Å². The smallest absolute Gasteiger partial charge is 0.269 e. The maximum absolute atomic E-state index is 13.0. The van der Waals surface area contributed by atoms with E-state index in [4.69, 9.17) is 9.47 Å². The van der Waals surface area contributed by atoms with Gasteiger partial charge < -0.3 is 20.1 Å². The molecule has 0 unspecified atom stereocenters. The Hall–Kier alpha value is -4.66. The largest absolute Gasteiger partial charge is 0.497 e. The van der Waals surface area contributed by atoms with Crippen LogP contribution in [0.1, 0.15) is 16.7 Å². The van der Waals surface area contributed by atoms with Gasteiger partial charge >= 0.3 is 0 Å². The lowest BCUT2D eigenvalue weighted by Crippen LogP contribution is -2.36. The monoisotopic (exact) mass is 503 g/mol. The van der Waals surface area contributed by atoms with Gasteiger partial charge in [-0.1, -0.05) is 24.3 Å². The molecule has 3 rings (SSSR count). The zero-order chi connectivity index (χ0) is 26.6. The minimum Gasteiger partial charge on any atom is -0.497 e. The molecule has 0 bridgehead atoms. The van der Waals surface area contributed by atoms with Crippen molar-refractivity contribution in [2.45, 2.75) is 12.8 Å². The molecule has 2 N–H and O–H groups in total. The summed E-state index contributed by atoms with van der Waals surface area (Å²) in [7, 11) is 3.19. The third-order valence-corrected chi connectivity index (χ3v) is 5.62. The lowest BCUT2D eigenvalue weighted by Gasteiger charge is -2.11. The number of benzene rings is 3. The molecule has 0 fully saturated rings. The third-order valence-electron chi connectivity index (χ3n) is 5.62. The highest BCUT2D eigenvalue weighted by Gasteiger charge is 2.18. The van der Waals surface area contributed by atoms with Crippen LogP contribution in [0.3, 0.4) is 0 Å². The van der Waals surface area contributed by atoms with Gasteiger partial charge in [0.15, 0.2) is 0 Å². The predicted molar refractivity (Wildman–Crippen MR) is 140 cm³/mol. The Bertz CT molecular complexity index is 1170. The summed E-state index contributed by atoms with van der Waals surface area (Å²) in [6, 6.07) is 20.6. The van der Waals surface area contributed by atoms with Crippen molar-refractivity contribution in [2.24, 2.45) is 0 Å². The molecule has 0 aromatic heterocycles. The third kappa shape index (κ3) is 8.21. The highest BCUT2D eigenvalue weighted by molar-refractivity contribution is 6.21. The van der Waals surface area contributed by atoms with E-state index in [0.717, 1.165) is 22.6 Å². The van der Waals surface area contributed by atoms with Crippen molar-refractivity contribution >= 4 is 23.6 Å². The van der Waals surface area contributed by atoms with Gasteiger partial charge in [0.2, 0.25) is 0 Å². The van der Waals surface area contributed by atoms with Crippen molar-refractivity contribution in [1.29, 1.82) is 0 Å². The Morgan fingerprint density at radius 1 is 0.757 bits per heavy atom. The van der Waals surface area contributed by atoms with Crippen LogP contribution in [-0.4, -0.2) is 44.0 Å². The number of nitrogens with zero attached hydrogens (tertiary/aromatic N) is 1. The Labute approximate surface area is 215 Å². The average molecular weight is 504 g/mol. The molecular weight excluding hydrogens is 474 g/mol. The Morgan fingerprint density at radius 3 is 1.57 bits per heavy atom. The molecule has 3 aromatic carbocycles. The minimum absolute atomic E-state index is 0.0772. The number of nitro benzene ring substituents is 1. The molecule has 0 saturated heterocycles. The van der Waals surface area contributed by atoms with Gasteiger partial charge in [-0.2, -0.15) is 0 Å². The van der Waals surface area contributed by atoms with Gasteiger partial charge in [-0.25, -0.2) is 0 Å². The summed E-state index contributed by atoms with van der Waals surface area (Å²) in [4.78, 5) is 36.4. The molecule has 192 valence electrons. The number of amides is 2. The second-order valence-corrected chi connectivity index (χ2v) is 8.11. The van der Waals surface area contributed by atoms with E-state index in [1.165, 1.54) is 30.3 Å². The van der Waals surface area contributed by atoms with Crippen molar-refractivity contribution in [3.8, 4) is 11.5 Å². The molecule has 0 aliphatic heterocycles. The molecule has 9 nitrogen and oxygen atoms in total. The fourth-order valence-electron chi connectivity index (χ4n) is 3.51. The van der Waals surface area contributed by atoms with Crippen LogP contribution in [0, 0.1) is 10.1 Å². The molecule has 37 heavy (non-hydrogen) atoms. The second-order valence-electron chi connectivity index (χ2n) is 8.11. The number of hydrogen-bond donors (Lipinski definition) is 2. The summed E-state index contributed by atoms with van der Waals surface area (Å²) in [5.41, 5.74) is 2.35. The lowest BCUT2D eigenvalue weighted by molar-refractivity contribution is -0.384. The number of hydrogen-bond acceptors (Lipinski definition) is 6. The first-order valence-corrected chi connectivity index (χ1v) is 11.7. The summed E-state index contributed by atoms with van der Waals surface area (Å²) in [6.45, 7) is 0.643. The summed E-state index contributed by atoms with van der Waals surface area (Å²) in [6.07, 6.45) is 2.56. The van der Waals surface area contributed by atoms with Crippen molar-refractivity contribution in [2.75, 3.05) is 27.3 Å². The second kappa shape index (κ2) is 13.4. The predicted octanol–water partition coefficient (Wildman–Crippen LogP) is 3.71. The van der Waals surface area contributed by atoms with E-state index < -0.39 is 16.7 Å². The molecule has 0 radical (unpaired) electrons. The van der Waals surface area contributed by atoms with E-state index in [2.05, 4.69) is 10.6 Å². The fraction of sp³-hybridized carbons (Fsp3) is 0.214. The molecule has 2 amide bonds. The first-order valence-electron chi connectivity index (χ1n) is 11.7. The highest BCUT2D eigenvalue weighted by atomic mass is 16.6. The van der Waals surface area contributed by atoms with Gasteiger partial charge in [0.25, 0.3) is 17.5 Å². The number of nitrogens with one attached hydrogen (secondary N) is 2. The molecule has 0 saturated carbocycles. The van der Waals surface area contributed by atoms with Gasteiger partial charge in [0.05, 0.1) is 19.1 Å². The summed E-state index contributed by atoms with van der Waals surface area (Å²) >= 11 is 0. The van der Waals surface area contributed by atoms with Gasteiger partial charge in [0.1, 0.15) is 17.1 Å². The van der Waals surface area contributed by atoms with Crippen molar-refractivity contribution in [1.82, 2.24) is 10.6 Å². The number of non-ortho nitro benzene ring substituents is 1. The normalized spacial score (nSPS) is 10.2. The lowest BCUT2D eigenvalue weighted by atomic mass is 10.1. The number of ether oxygens (including phenoxy) is 2. The zero-order valence-electron chi connectivity index (χ0n) is 20.7. The quantitative estimate of drug-likeness (QED) is 0.128. The maximum Gasteiger partial charge on any atom is 0.269 e. The van der Waals surface area contributed by atoms with E-state index in [1.807, 2.05) is 48.5 Å². The Balaban J connectivity index is 1.67. The molecule has 0 spiro atoms. The molecule has 0 aliphatic rings. The number of rotatable bonds is 12. The Morgan fingerprint density at radius 2 is 1.19 bits per heavy atom. The van der Waals surface area contributed by atoms with E-state index in [0.29, 0.717) is 31.5 Å². The standard InChI is InChI=1S/C28H29N3O6/c1-36-24-11-5-20(6-12-24)15-17-29-27(32)26(19-22-3-9-23(10-4-22)31(34)35)28(33)30-18-16-21-7-13-25(37-2)14-8-21/h3-14,19H,15-18H2,1-2H3,(H,29,32)(H,30,33). The van der Waals surface area contributed by atoms with Crippen LogP contribution in [0.2, 0.25) is 0 Å². The van der Waals surface area contributed by atoms with Gasteiger partial charge in [-0.15, -0.1) is 0 Å². The SMILES string of the molecule is COc1ccc(CCNC(=O)C(=Cc2ccc([N+](=O)[O-])cc2)C(=O)NCCc2ccc(OC)cc2)cc1. The van der Waals surface area contributed by atoms with Crippen LogP contribution in [0.25, 0.3) is 6.08 Å². The van der Waals surface area contributed by atoms with E-state index in [-0.39, 0.29) is 11.3 Å². The highest BCUT2D eigenvalue weighted by Crippen LogP contribution is 2.16. The number of carbonyl (C=O) groups excluding carboxylic acids is 2. The molecule has 3 aromatic rings. The number of carbonyl (C=O) groups is 2. The number of nitro groups is 1. The van der Waals surface area contributed by atoms with Crippen molar-refractivity contribution in [3.63, 3.8) is 0 Å². The van der Waals surface area contributed by atoms with Gasteiger partial charge in [-0.05, 0) is 72.0 Å². The summed E-state index contributed by atoms with van der Waals surface area (Å²) in [5.74, 6) is 0.419. The summed E-state index contributed by atoms with van der Waals surface area (Å²) < 4.78 is 10.3.